The van der Waals surface area contributed by atoms with Crippen molar-refractivity contribution in [2.24, 2.45) is 0 Å². The number of carboxylic acid groups (broad SMARTS) is 1. The highest BCUT2D eigenvalue weighted by Crippen LogP contribution is 2.14. The van der Waals surface area contributed by atoms with Crippen LogP contribution in [0.5, 0.6) is 0 Å². The molecule has 1 unspecified atom stereocenters. The number of hydrogen-bond donors (Lipinski definition) is 2. The van der Waals surface area contributed by atoms with Gasteiger partial charge in [0.15, 0.2) is 0 Å². The van der Waals surface area contributed by atoms with Gasteiger partial charge < -0.3 is 5.11 Å². The second-order valence-corrected chi connectivity index (χ2v) is 6.11. The monoisotopic (exact) mass is 277 g/mol. The van der Waals surface area contributed by atoms with Crippen LogP contribution in [0.2, 0.25) is 0 Å². The first-order valence-electron chi connectivity index (χ1n) is 5.24. The van der Waals surface area contributed by atoms with Crippen LogP contribution >= 0.6 is 11.3 Å². The molecule has 5 nitrogen and oxygen atoms in total. The summed E-state index contributed by atoms with van der Waals surface area (Å²) in [6, 6.07) is 0.394. The van der Waals surface area contributed by atoms with E-state index in [-0.39, 0.29) is 4.90 Å². The summed E-state index contributed by atoms with van der Waals surface area (Å²) in [4.78, 5) is 11.0. The quantitative estimate of drug-likeness (QED) is 0.794. The fraction of sp³-hybridized carbons (Fsp3) is 0.500. The van der Waals surface area contributed by atoms with Gasteiger partial charge in [-0.25, -0.2) is 8.42 Å². The number of carbonyl (C=O) groups is 1. The van der Waals surface area contributed by atoms with Crippen LogP contribution in [-0.4, -0.2) is 25.5 Å². The van der Waals surface area contributed by atoms with Crippen molar-refractivity contribution in [3.63, 3.8) is 0 Å². The van der Waals surface area contributed by atoms with E-state index in [4.69, 9.17) is 5.11 Å². The Kier molecular flexibility index (Phi) is 5.10. The van der Waals surface area contributed by atoms with E-state index >= 15 is 0 Å². The Balaban J connectivity index is 2.76. The molecule has 1 atom stereocenters. The van der Waals surface area contributed by atoms with Crippen molar-refractivity contribution in [2.75, 3.05) is 0 Å². The molecule has 17 heavy (non-hydrogen) atoms. The number of aliphatic carboxylic acids is 1. The Morgan fingerprint density at radius 2 is 2.29 bits per heavy atom. The molecular weight excluding hydrogens is 262 g/mol. The maximum Gasteiger partial charge on any atom is 0.321 e. The molecule has 1 heterocycles. The van der Waals surface area contributed by atoms with Gasteiger partial charge in [-0.15, -0.1) is 0 Å². The van der Waals surface area contributed by atoms with E-state index in [1.54, 1.807) is 5.38 Å². The fourth-order valence-electron chi connectivity index (χ4n) is 1.30. The van der Waals surface area contributed by atoms with E-state index in [0.717, 1.165) is 6.42 Å². The number of unbranched alkanes of at least 4 members (excludes halogenated alkanes) is 1. The summed E-state index contributed by atoms with van der Waals surface area (Å²) in [6.07, 6.45) is 1.79. The lowest BCUT2D eigenvalue weighted by molar-refractivity contribution is -0.139. The SMILES string of the molecule is CCCCC(NS(=O)(=O)c1ccsc1)C(=O)O. The van der Waals surface area contributed by atoms with Crippen LogP contribution in [-0.2, 0) is 14.8 Å². The minimum absolute atomic E-state index is 0.116. The van der Waals surface area contributed by atoms with Gasteiger partial charge >= 0.3 is 5.97 Å². The summed E-state index contributed by atoms with van der Waals surface area (Å²) >= 11 is 1.25. The highest BCUT2D eigenvalue weighted by Gasteiger charge is 2.24. The lowest BCUT2D eigenvalue weighted by Crippen LogP contribution is -2.40. The molecule has 0 spiro atoms. The van der Waals surface area contributed by atoms with Gasteiger partial charge in [-0.1, -0.05) is 19.8 Å². The molecule has 2 N–H and O–H groups in total. The highest BCUT2D eigenvalue weighted by molar-refractivity contribution is 7.89. The molecule has 0 saturated carbocycles. The van der Waals surface area contributed by atoms with Crippen LogP contribution in [0.25, 0.3) is 0 Å². The third-order valence-corrected chi connectivity index (χ3v) is 4.55. The lowest BCUT2D eigenvalue weighted by Gasteiger charge is -2.13. The lowest BCUT2D eigenvalue weighted by atomic mass is 10.1. The van der Waals surface area contributed by atoms with E-state index in [0.29, 0.717) is 12.8 Å². The molecule has 1 aromatic rings. The van der Waals surface area contributed by atoms with Gasteiger partial charge in [-0.2, -0.15) is 16.1 Å². The summed E-state index contributed by atoms with van der Waals surface area (Å²) in [5, 5.41) is 12.0. The van der Waals surface area contributed by atoms with E-state index in [1.807, 2.05) is 6.92 Å². The summed E-state index contributed by atoms with van der Waals surface area (Å²) in [7, 11) is -3.71. The van der Waals surface area contributed by atoms with E-state index < -0.39 is 22.0 Å². The molecule has 0 fully saturated rings. The van der Waals surface area contributed by atoms with Crippen LogP contribution in [0.4, 0.5) is 0 Å². The van der Waals surface area contributed by atoms with Crippen LogP contribution < -0.4 is 4.72 Å². The molecule has 1 aromatic heterocycles. The standard InChI is InChI=1S/C10H15NO4S2/c1-2-3-4-9(10(12)13)11-17(14,15)8-5-6-16-7-8/h5-7,9,11H,2-4H2,1H3,(H,12,13). The summed E-state index contributed by atoms with van der Waals surface area (Å²) in [5.41, 5.74) is 0. The molecule has 0 aliphatic heterocycles. The van der Waals surface area contributed by atoms with Crippen LogP contribution in [0.15, 0.2) is 21.7 Å². The number of nitrogens with one attached hydrogen (secondary N) is 1. The Morgan fingerprint density at radius 3 is 2.76 bits per heavy atom. The van der Waals surface area contributed by atoms with Gasteiger partial charge in [0.05, 0.1) is 4.90 Å². The third-order valence-electron chi connectivity index (χ3n) is 2.25. The Hall–Kier alpha value is -0.920. The average molecular weight is 277 g/mol. The second-order valence-electron chi connectivity index (χ2n) is 3.61. The van der Waals surface area contributed by atoms with Crippen molar-refractivity contribution in [2.45, 2.75) is 37.1 Å². The number of hydrogen-bond acceptors (Lipinski definition) is 4. The Morgan fingerprint density at radius 1 is 1.59 bits per heavy atom. The van der Waals surface area contributed by atoms with Crippen molar-refractivity contribution in [3.8, 4) is 0 Å². The van der Waals surface area contributed by atoms with Crippen molar-refractivity contribution >= 4 is 27.3 Å². The first-order chi connectivity index (χ1) is 7.97. The third kappa shape index (κ3) is 4.10. The zero-order valence-corrected chi connectivity index (χ0v) is 11.1. The second kappa shape index (κ2) is 6.13. The smallest absolute Gasteiger partial charge is 0.321 e. The zero-order chi connectivity index (χ0) is 12.9. The van der Waals surface area contributed by atoms with Gasteiger partial charge in [0.1, 0.15) is 6.04 Å². The number of thiophene rings is 1. The van der Waals surface area contributed by atoms with Crippen molar-refractivity contribution in [1.82, 2.24) is 4.72 Å². The molecule has 96 valence electrons. The van der Waals surface area contributed by atoms with Crippen LogP contribution in [0.3, 0.4) is 0 Å². The van der Waals surface area contributed by atoms with Crippen LogP contribution in [0, 0.1) is 0 Å². The predicted octanol–water partition coefficient (Wildman–Crippen LogP) is 1.67. The highest BCUT2D eigenvalue weighted by atomic mass is 32.2. The fourth-order valence-corrected chi connectivity index (χ4v) is 3.55. The topological polar surface area (TPSA) is 83.5 Å². The van der Waals surface area contributed by atoms with Crippen molar-refractivity contribution in [3.05, 3.63) is 16.8 Å². The number of sulfonamides is 1. The molecule has 0 aliphatic rings. The summed E-state index contributed by atoms with van der Waals surface area (Å²) in [6.45, 7) is 1.92. The first kappa shape index (κ1) is 14.1. The van der Waals surface area contributed by atoms with Crippen molar-refractivity contribution < 1.29 is 18.3 Å². The van der Waals surface area contributed by atoms with Gasteiger partial charge in [-0.3, -0.25) is 4.79 Å². The summed E-state index contributed by atoms with van der Waals surface area (Å²) < 4.78 is 25.8. The maximum absolute atomic E-state index is 11.8. The zero-order valence-electron chi connectivity index (χ0n) is 9.42. The molecule has 1 rings (SSSR count). The van der Waals surface area contributed by atoms with E-state index in [9.17, 15) is 13.2 Å². The molecule has 0 saturated heterocycles. The number of carboxylic acids is 1. The van der Waals surface area contributed by atoms with Crippen LogP contribution in [0.1, 0.15) is 26.2 Å². The molecule has 0 aliphatic carbocycles. The van der Waals surface area contributed by atoms with E-state index in [2.05, 4.69) is 4.72 Å². The van der Waals surface area contributed by atoms with Gasteiger partial charge in [0, 0.05) is 5.38 Å². The largest absolute Gasteiger partial charge is 0.480 e. The van der Waals surface area contributed by atoms with Crippen molar-refractivity contribution in [1.29, 1.82) is 0 Å². The maximum atomic E-state index is 11.8. The molecule has 0 radical (unpaired) electrons. The molecule has 7 heteroatoms. The first-order valence-corrected chi connectivity index (χ1v) is 7.67. The minimum Gasteiger partial charge on any atom is -0.480 e. The van der Waals surface area contributed by atoms with Gasteiger partial charge in [-0.05, 0) is 17.9 Å². The Labute approximate surface area is 105 Å². The Bertz CT molecular complexity index is 453. The predicted molar refractivity (Wildman–Crippen MR) is 65.6 cm³/mol. The minimum atomic E-state index is -3.71. The van der Waals surface area contributed by atoms with Gasteiger partial charge in [0.2, 0.25) is 10.0 Å². The summed E-state index contributed by atoms with van der Waals surface area (Å²) in [5.74, 6) is -1.14. The molecule has 0 amide bonds. The van der Waals surface area contributed by atoms with E-state index in [1.165, 1.54) is 22.8 Å². The number of rotatable bonds is 7. The van der Waals surface area contributed by atoms with Gasteiger partial charge in [0.25, 0.3) is 0 Å². The molecular formula is C10H15NO4S2. The average Bonchev–Trinajstić information content (AvgIpc) is 2.77. The molecule has 0 bridgehead atoms. The normalized spacial score (nSPS) is 13.5. The molecule has 0 aromatic carbocycles.